The van der Waals surface area contributed by atoms with Gasteiger partial charge < -0.3 is 9.52 Å². The van der Waals surface area contributed by atoms with E-state index in [9.17, 15) is 4.79 Å². The average molecular weight is 226 g/mol. The molecule has 0 spiro atoms. The Bertz CT molecular complexity index is 506. The summed E-state index contributed by atoms with van der Waals surface area (Å²) >= 11 is 5.72. The molecule has 0 amide bonds. The van der Waals surface area contributed by atoms with E-state index < -0.39 is 5.97 Å². The number of alkyl halides is 1. The van der Waals surface area contributed by atoms with Gasteiger partial charge in [0.05, 0.1) is 5.88 Å². The van der Waals surface area contributed by atoms with E-state index in [1.165, 1.54) is 0 Å². The van der Waals surface area contributed by atoms with Gasteiger partial charge in [0.2, 0.25) is 5.89 Å². The standard InChI is InChI=1S/C10H8ClNO3/c11-5-6-2-1-3-7-10(6)15-8(12-7)4-9(13)14/h1-3H,4-5H2,(H,13,14). The van der Waals surface area contributed by atoms with Crippen LogP contribution >= 0.6 is 11.6 Å². The van der Waals surface area contributed by atoms with Crippen molar-refractivity contribution in [1.29, 1.82) is 0 Å². The second-order valence-corrected chi connectivity index (χ2v) is 3.34. The molecule has 1 aromatic heterocycles. The summed E-state index contributed by atoms with van der Waals surface area (Å²) in [5.74, 6) is -0.442. The Morgan fingerprint density at radius 2 is 2.33 bits per heavy atom. The van der Waals surface area contributed by atoms with Crippen LogP contribution in [-0.2, 0) is 17.1 Å². The van der Waals surface area contributed by atoms with E-state index in [1.807, 2.05) is 12.1 Å². The maximum atomic E-state index is 10.5. The van der Waals surface area contributed by atoms with Crippen molar-refractivity contribution in [2.45, 2.75) is 12.3 Å². The molecule has 0 aliphatic rings. The van der Waals surface area contributed by atoms with Crippen LogP contribution in [0.4, 0.5) is 0 Å². The fourth-order valence-electron chi connectivity index (χ4n) is 1.36. The number of aromatic nitrogens is 1. The number of hydrogen-bond acceptors (Lipinski definition) is 3. The van der Waals surface area contributed by atoms with Gasteiger partial charge in [-0.2, -0.15) is 0 Å². The molecule has 78 valence electrons. The molecule has 0 aliphatic carbocycles. The Kier molecular flexibility index (Phi) is 2.60. The van der Waals surface area contributed by atoms with Gasteiger partial charge in [0.1, 0.15) is 11.9 Å². The van der Waals surface area contributed by atoms with E-state index in [2.05, 4.69) is 4.98 Å². The van der Waals surface area contributed by atoms with Crippen LogP contribution in [-0.4, -0.2) is 16.1 Å². The molecule has 4 nitrogen and oxygen atoms in total. The van der Waals surface area contributed by atoms with Crippen molar-refractivity contribution in [3.8, 4) is 0 Å². The third kappa shape index (κ3) is 1.94. The molecule has 5 heteroatoms. The predicted octanol–water partition coefficient (Wildman–Crippen LogP) is 2.19. The Morgan fingerprint density at radius 1 is 1.53 bits per heavy atom. The summed E-state index contributed by atoms with van der Waals surface area (Å²) in [6, 6.07) is 5.40. The minimum atomic E-state index is -0.964. The number of nitrogens with zero attached hydrogens (tertiary/aromatic N) is 1. The lowest BCUT2D eigenvalue weighted by Gasteiger charge is -1.93. The molecule has 0 atom stereocenters. The first-order valence-corrected chi connectivity index (χ1v) is 4.89. The van der Waals surface area contributed by atoms with Crippen molar-refractivity contribution in [3.63, 3.8) is 0 Å². The molecule has 0 bridgehead atoms. The van der Waals surface area contributed by atoms with E-state index in [0.29, 0.717) is 17.0 Å². The van der Waals surface area contributed by atoms with Gasteiger partial charge in [-0.25, -0.2) is 4.98 Å². The number of carboxylic acids is 1. The summed E-state index contributed by atoms with van der Waals surface area (Å²) in [5, 5.41) is 8.59. The monoisotopic (exact) mass is 225 g/mol. The zero-order chi connectivity index (χ0) is 10.8. The highest BCUT2D eigenvalue weighted by Gasteiger charge is 2.11. The van der Waals surface area contributed by atoms with Crippen molar-refractivity contribution in [2.24, 2.45) is 0 Å². The maximum Gasteiger partial charge on any atom is 0.312 e. The normalized spacial score (nSPS) is 10.7. The van der Waals surface area contributed by atoms with Gasteiger partial charge in [0.15, 0.2) is 5.58 Å². The molecule has 0 saturated carbocycles. The van der Waals surface area contributed by atoms with E-state index in [-0.39, 0.29) is 12.3 Å². The van der Waals surface area contributed by atoms with Crippen LogP contribution < -0.4 is 0 Å². The second-order valence-electron chi connectivity index (χ2n) is 3.08. The fraction of sp³-hybridized carbons (Fsp3) is 0.200. The van der Waals surface area contributed by atoms with Gasteiger partial charge in [-0.1, -0.05) is 12.1 Å². The lowest BCUT2D eigenvalue weighted by atomic mass is 10.2. The van der Waals surface area contributed by atoms with Crippen LogP contribution in [0.15, 0.2) is 22.6 Å². The van der Waals surface area contributed by atoms with Crippen molar-refractivity contribution < 1.29 is 14.3 Å². The third-order valence-electron chi connectivity index (χ3n) is 1.99. The van der Waals surface area contributed by atoms with Crippen molar-refractivity contribution in [1.82, 2.24) is 4.98 Å². The first-order chi connectivity index (χ1) is 7.20. The molecule has 0 unspecified atom stereocenters. The highest BCUT2D eigenvalue weighted by Crippen LogP contribution is 2.21. The summed E-state index contributed by atoms with van der Waals surface area (Å²) in [6.45, 7) is 0. The number of oxazole rings is 1. The van der Waals surface area contributed by atoms with Gasteiger partial charge in [0, 0.05) is 5.56 Å². The summed E-state index contributed by atoms with van der Waals surface area (Å²) in [4.78, 5) is 14.5. The van der Waals surface area contributed by atoms with Crippen LogP contribution in [0.3, 0.4) is 0 Å². The number of aliphatic carboxylic acids is 1. The van der Waals surface area contributed by atoms with Crippen molar-refractivity contribution in [3.05, 3.63) is 29.7 Å². The Balaban J connectivity index is 2.50. The van der Waals surface area contributed by atoms with Gasteiger partial charge >= 0.3 is 5.97 Å². The van der Waals surface area contributed by atoms with E-state index in [1.54, 1.807) is 6.07 Å². The highest BCUT2D eigenvalue weighted by molar-refractivity contribution is 6.17. The average Bonchev–Trinajstić information content (AvgIpc) is 2.58. The zero-order valence-corrected chi connectivity index (χ0v) is 8.49. The minimum absolute atomic E-state index is 0.204. The van der Waals surface area contributed by atoms with Crippen LogP contribution in [0.5, 0.6) is 0 Å². The first-order valence-electron chi connectivity index (χ1n) is 4.36. The van der Waals surface area contributed by atoms with Gasteiger partial charge in [-0.3, -0.25) is 4.79 Å². The smallest absolute Gasteiger partial charge is 0.312 e. The molecule has 1 heterocycles. The summed E-state index contributed by atoms with van der Waals surface area (Å²) in [7, 11) is 0. The summed E-state index contributed by atoms with van der Waals surface area (Å²) in [5.41, 5.74) is 2.03. The molecular formula is C10H8ClNO3. The number of halogens is 1. The third-order valence-corrected chi connectivity index (χ3v) is 2.28. The van der Waals surface area contributed by atoms with Crippen LogP contribution in [0.1, 0.15) is 11.5 Å². The minimum Gasteiger partial charge on any atom is -0.481 e. The van der Waals surface area contributed by atoms with Crippen molar-refractivity contribution in [2.75, 3.05) is 0 Å². The quantitative estimate of drug-likeness (QED) is 0.814. The lowest BCUT2D eigenvalue weighted by molar-refractivity contribution is -0.136. The summed E-state index contributed by atoms with van der Waals surface area (Å²) in [6.07, 6.45) is -0.212. The maximum absolute atomic E-state index is 10.5. The van der Waals surface area contributed by atoms with Gasteiger partial charge in [-0.05, 0) is 6.07 Å². The molecule has 2 aromatic rings. The summed E-state index contributed by atoms with van der Waals surface area (Å²) < 4.78 is 5.32. The number of fused-ring (bicyclic) bond motifs is 1. The topological polar surface area (TPSA) is 63.3 Å². The van der Waals surface area contributed by atoms with E-state index in [0.717, 1.165) is 5.56 Å². The Labute approximate surface area is 90.5 Å². The molecule has 0 radical (unpaired) electrons. The number of carbonyl (C=O) groups is 1. The molecule has 15 heavy (non-hydrogen) atoms. The molecule has 1 aromatic carbocycles. The number of benzene rings is 1. The Hall–Kier alpha value is -1.55. The van der Waals surface area contributed by atoms with Crippen LogP contribution in [0.25, 0.3) is 11.1 Å². The predicted molar refractivity (Wildman–Crippen MR) is 54.9 cm³/mol. The Morgan fingerprint density at radius 3 is 3.00 bits per heavy atom. The van der Waals surface area contributed by atoms with Crippen LogP contribution in [0.2, 0.25) is 0 Å². The van der Waals surface area contributed by atoms with Crippen LogP contribution in [0, 0.1) is 0 Å². The molecule has 0 fully saturated rings. The zero-order valence-electron chi connectivity index (χ0n) is 7.74. The number of para-hydroxylation sites is 1. The largest absolute Gasteiger partial charge is 0.481 e. The number of rotatable bonds is 3. The number of carboxylic acid groups (broad SMARTS) is 1. The van der Waals surface area contributed by atoms with E-state index >= 15 is 0 Å². The van der Waals surface area contributed by atoms with Gasteiger partial charge in [-0.15, -0.1) is 11.6 Å². The molecular weight excluding hydrogens is 218 g/mol. The highest BCUT2D eigenvalue weighted by atomic mass is 35.5. The fourth-order valence-corrected chi connectivity index (χ4v) is 1.57. The number of hydrogen-bond donors (Lipinski definition) is 1. The molecule has 0 aliphatic heterocycles. The van der Waals surface area contributed by atoms with Gasteiger partial charge in [0.25, 0.3) is 0 Å². The molecule has 1 N–H and O–H groups in total. The lowest BCUT2D eigenvalue weighted by Crippen LogP contribution is -1.99. The second kappa shape index (κ2) is 3.90. The SMILES string of the molecule is O=C(O)Cc1nc2cccc(CCl)c2o1. The first kappa shape index (κ1) is 9.98. The van der Waals surface area contributed by atoms with Crippen molar-refractivity contribution >= 4 is 28.7 Å². The molecule has 2 rings (SSSR count). The van der Waals surface area contributed by atoms with E-state index in [4.69, 9.17) is 21.1 Å². The molecule has 0 saturated heterocycles.